The standard InChI is InChI=1S/C15H14ClFN2O2/c16-13-6-5-12(8-14(13)17)21-9-11-3-1-10(2-4-11)7-15(20)19-18/h1-6,8H,7,9,18H2,(H,19,20). The summed E-state index contributed by atoms with van der Waals surface area (Å²) in [5, 5.41) is 0.0601. The van der Waals surface area contributed by atoms with Crippen molar-refractivity contribution in [3.05, 3.63) is 64.4 Å². The summed E-state index contributed by atoms with van der Waals surface area (Å²) in [5.74, 6) is 4.66. The molecule has 0 aliphatic heterocycles. The van der Waals surface area contributed by atoms with Crippen molar-refractivity contribution in [1.82, 2.24) is 5.43 Å². The van der Waals surface area contributed by atoms with E-state index in [2.05, 4.69) is 5.43 Å². The van der Waals surface area contributed by atoms with E-state index in [1.54, 1.807) is 6.07 Å². The molecule has 0 heterocycles. The maximum Gasteiger partial charge on any atom is 0.238 e. The summed E-state index contributed by atoms with van der Waals surface area (Å²) in [6.45, 7) is 0.296. The van der Waals surface area contributed by atoms with Gasteiger partial charge >= 0.3 is 0 Å². The van der Waals surface area contributed by atoms with Gasteiger partial charge in [-0.25, -0.2) is 10.2 Å². The van der Waals surface area contributed by atoms with E-state index >= 15 is 0 Å². The number of hydrazine groups is 1. The van der Waals surface area contributed by atoms with Gasteiger partial charge in [0.1, 0.15) is 18.2 Å². The van der Waals surface area contributed by atoms with Crippen molar-refractivity contribution in [3.63, 3.8) is 0 Å². The lowest BCUT2D eigenvalue weighted by Gasteiger charge is -2.07. The zero-order valence-corrected chi connectivity index (χ0v) is 11.9. The van der Waals surface area contributed by atoms with Gasteiger partial charge in [0.25, 0.3) is 0 Å². The first-order valence-corrected chi connectivity index (χ1v) is 6.61. The molecule has 2 rings (SSSR count). The maximum atomic E-state index is 13.3. The fourth-order valence-corrected chi connectivity index (χ4v) is 1.84. The van der Waals surface area contributed by atoms with Gasteiger partial charge in [-0.1, -0.05) is 35.9 Å². The molecule has 4 nitrogen and oxygen atoms in total. The fourth-order valence-electron chi connectivity index (χ4n) is 1.72. The average molecular weight is 309 g/mol. The van der Waals surface area contributed by atoms with Crippen molar-refractivity contribution in [3.8, 4) is 5.75 Å². The summed E-state index contributed by atoms with van der Waals surface area (Å²) in [4.78, 5) is 11.1. The molecular formula is C15H14ClFN2O2. The molecule has 0 aliphatic rings. The van der Waals surface area contributed by atoms with Crippen molar-refractivity contribution in [1.29, 1.82) is 0 Å². The third kappa shape index (κ3) is 4.44. The van der Waals surface area contributed by atoms with Gasteiger partial charge in [-0.2, -0.15) is 0 Å². The van der Waals surface area contributed by atoms with Crippen LogP contribution in [0.2, 0.25) is 5.02 Å². The Balaban J connectivity index is 1.94. The number of ether oxygens (including phenoxy) is 1. The molecule has 0 aromatic heterocycles. The van der Waals surface area contributed by atoms with Crippen LogP contribution in [0.15, 0.2) is 42.5 Å². The number of hydrogen-bond donors (Lipinski definition) is 2. The zero-order chi connectivity index (χ0) is 15.2. The highest BCUT2D eigenvalue weighted by Gasteiger charge is 2.04. The monoisotopic (exact) mass is 308 g/mol. The Morgan fingerprint density at radius 2 is 1.86 bits per heavy atom. The largest absolute Gasteiger partial charge is 0.489 e. The molecule has 110 valence electrons. The van der Waals surface area contributed by atoms with Crippen LogP contribution < -0.4 is 16.0 Å². The average Bonchev–Trinajstić information content (AvgIpc) is 2.50. The predicted octanol–water partition coefficient (Wildman–Crippen LogP) is 2.59. The number of amides is 1. The lowest BCUT2D eigenvalue weighted by atomic mass is 10.1. The first-order valence-electron chi connectivity index (χ1n) is 6.23. The minimum atomic E-state index is -0.516. The lowest BCUT2D eigenvalue weighted by Crippen LogP contribution is -2.31. The first kappa shape index (κ1) is 15.3. The molecule has 1 amide bonds. The number of carbonyl (C=O) groups is 1. The predicted molar refractivity (Wildman–Crippen MR) is 78.2 cm³/mol. The molecule has 2 aromatic carbocycles. The third-order valence-corrected chi connectivity index (χ3v) is 3.15. The minimum Gasteiger partial charge on any atom is -0.489 e. The van der Waals surface area contributed by atoms with Gasteiger partial charge in [0.2, 0.25) is 5.91 Å². The number of rotatable bonds is 5. The number of nitrogens with two attached hydrogens (primary N) is 1. The summed E-state index contributed by atoms with van der Waals surface area (Å²) >= 11 is 5.60. The molecule has 0 aliphatic carbocycles. The van der Waals surface area contributed by atoms with Crippen LogP contribution in [0.1, 0.15) is 11.1 Å². The van der Waals surface area contributed by atoms with Crippen molar-refractivity contribution in [2.24, 2.45) is 5.84 Å². The highest BCUT2D eigenvalue weighted by atomic mass is 35.5. The molecule has 2 aromatic rings. The van der Waals surface area contributed by atoms with Crippen molar-refractivity contribution < 1.29 is 13.9 Å². The van der Waals surface area contributed by atoms with E-state index < -0.39 is 5.82 Å². The Labute approximate surface area is 126 Å². The molecule has 0 bridgehead atoms. The number of carbonyl (C=O) groups excluding carboxylic acids is 1. The number of benzene rings is 2. The molecule has 0 spiro atoms. The second-order valence-corrected chi connectivity index (χ2v) is 4.83. The Bertz CT molecular complexity index is 632. The number of halogens is 2. The molecule has 0 radical (unpaired) electrons. The van der Waals surface area contributed by atoms with Gasteiger partial charge in [0.05, 0.1) is 11.4 Å². The van der Waals surface area contributed by atoms with Gasteiger partial charge < -0.3 is 4.74 Å². The van der Waals surface area contributed by atoms with Crippen LogP contribution in [0.3, 0.4) is 0 Å². The van der Waals surface area contributed by atoms with Crippen LogP contribution in [0.4, 0.5) is 4.39 Å². The molecule has 0 unspecified atom stereocenters. The molecule has 6 heteroatoms. The molecule has 21 heavy (non-hydrogen) atoms. The van der Waals surface area contributed by atoms with Gasteiger partial charge in [0, 0.05) is 6.07 Å². The van der Waals surface area contributed by atoms with E-state index in [0.29, 0.717) is 12.4 Å². The Kier molecular flexibility index (Phi) is 5.14. The Hall–Kier alpha value is -2.11. The zero-order valence-electron chi connectivity index (χ0n) is 11.1. The normalized spacial score (nSPS) is 10.2. The highest BCUT2D eigenvalue weighted by Crippen LogP contribution is 2.21. The third-order valence-electron chi connectivity index (χ3n) is 2.85. The topological polar surface area (TPSA) is 64.3 Å². The van der Waals surface area contributed by atoms with E-state index in [1.165, 1.54) is 12.1 Å². The van der Waals surface area contributed by atoms with Crippen LogP contribution in [0.25, 0.3) is 0 Å². The lowest BCUT2D eigenvalue weighted by molar-refractivity contribution is -0.120. The van der Waals surface area contributed by atoms with E-state index in [-0.39, 0.29) is 17.4 Å². The number of nitrogens with one attached hydrogen (secondary N) is 1. The minimum absolute atomic E-state index is 0.0601. The van der Waals surface area contributed by atoms with E-state index in [9.17, 15) is 9.18 Å². The smallest absolute Gasteiger partial charge is 0.238 e. The summed E-state index contributed by atoms with van der Waals surface area (Å²) in [6.07, 6.45) is 0.222. The second-order valence-electron chi connectivity index (χ2n) is 4.43. The summed E-state index contributed by atoms with van der Waals surface area (Å²) in [7, 11) is 0. The molecule has 0 saturated heterocycles. The summed E-state index contributed by atoms with van der Waals surface area (Å²) in [6, 6.07) is 11.6. The molecule has 0 atom stereocenters. The molecule has 3 N–H and O–H groups in total. The van der Waals surface area contributed by atoms with E-state index in [4.69, 9.17) is 22.2 Å². The Morgan fingerprint density at radius 1 is 1.19 bits per heavy atom. The van der Waals surface area contributed by atoms with Crippen molar-refractivity contribution in [2.75, 3.05) is 0 Å². The summed E-state index contributed by atoms with van der Waals surface area (Å²) in [5.41, 5.74) is 3.83. The number of hydrogen-bond acceptors (Lipinski definition) is 3. The highest BCUT2D eigenvalue weighted by molar-refractivity contribution is 6.30. The quantitative estimate of drug-likeness (QED) is 0.507. The van der Waals surface area contributed by atoms with Crippen LogP contribution in [-0.2, 0) is 17.8 Å². The fraction of sp³-hybridized carbons (Fsp3) is 0.133. The van der Waals surface area contributed by atoms with E-state index in [0.717, 1.165) is 11.1 Å². The van der Waals surface area contributed by atoms with Crippen molar-refractivity contribution >= 4 is 17.5 Å². The maximum absolute atomic E-state index is 13.3. The van der Waals surface area contributed by atoms with Gasteiger partial charge in [-0.05, 0) is 23.3 Å². The second kappa shape index (κ2) is 7.06. The molecular weight excluding hydrogens is 295 g/mol. The van der Waals surface area contributed by atoms with Crippen LogP contribution in [-0.4, -0.2) is 5.91 Å². The first-order chi connectivity index (χ1) is 10.1. The molecule has 0 fully saturated rings. The van der Waals surface area contributed by atoms with Gasteiger partial charge in [0.15, 0.2) is 0 Å². The Morgan fingerprint density at radius 3 is 2.48 bits per heavy atom. The van der Waals surface area contributed by atoms with E-state index in [1.807, 2.05) is 24.3 Å². The van der Waals surface area contributed by atoms with Gasteiger partial charge in [-0.3, -0.25) is 10.2 Å². The van der Waals surface area contributed by atoms with Crippen LogP contribution >= 0.6 is 11.6 Å². The summed E-state index contributed by atoms with van der Waals surface area (Å²) < 4.78 is 18.7. The van der Waals surface area contributed by atoms with Crippen LogP contribution in [0.5, 0.6) is 5.75 Å². The SMILES string of the molecule is NNC(=O)Cc1ccc(COc2ccc(Cl)c(F)c2)cc1. The van der Waals surface area contributed by atoms with Crippen molar-refractivity contribution in [2.45, 2.75) is 13.0 Å². The van der Waals surface area contributed by atoms with Crippen LogP contribution in [0, 0.1) is 5.82 Å². The molecule has 0 saturated carbocycles. The van der Waals surface area contributed by atoms with Gasteiger partial charge in [-0.15, -0.1) is 0 Å².